The molecule has 0 fully saturated rings. The van der Waals surface area contributed by atoms with Gasteiger partial charge in [0.15, 0.2) is 0 Å². The fraction of sp³-hybridized carbons (Fsp3) is 0.292. The highest BCUT2D eigenvalue weighted by atomic mass is 19.4. The first-order chi connectivity index (χ1) is 16.6. The van der Waals surface area contributed by atoms with Crippen LogP contribution in [0.3, 0.4) is 0 Å². The molecule has 11 heteroatoms. The Morgan fingerprint density at radius 3 is 2.51 bits per heavy atom. The number of hydrogen-bond acceptors (Lipinski definition) is 8. The number of anilines is 1. The Bertz CT molecular complexity index is 1390. The average Bonchev–Trinajstić information content (AvgIpc) is 3.30. The van der Waals surface area contributed by atoms with Gasteiger partial charge in [-0.25, -0.2) is 4.79 Å². The van der Waals surface area contributed by atoms with Gasteiger partial charge in [0.05, 0.1) is 0 Å². The van der Waals surface area contributed by atoms with E-state index in [1.54, 1.807) is 24.3 Å². The molecule has 2 heterocycles. The number of alkyl halides is 3. The van der Waals surface area contributed by atoms with Crippen molar-refractivity contribution in [2.45, 2.75) is 45.2 Å². The minimum atomic E-state index is -4.83. The van der Waals surface area contributed by atoms with Gasteiger partial charge in [-0.2, -0.15) is 0 Å². The lowest BCUT2D eigenvalue weighted by Crippen LogP contribution is -2.23. The van der Waals surface area contributed by atoms with Gasteiger partial charge in [0, 0.05) is 18.0 Å². The van der Waals surface area contributed by atoms with Crippen LogP contribution in [0.5, 0.6) is 5.75 Å². The van der Waals surface area contributed by atoms with Crippen molar-refractivity contribution in [3.05, 3.63) is 70.4 Å². The van der Waals surface area contributed by atoms with Gasteiger partial charge in [0.1, 0.15) is 16.9 Å². The molecule has 0 saturated carbocycles. The quantitative estimate of drug-likeness (QED) is 0.318. The van der Waals surface area contributed by atoms with Gasteiger partial charge in [-0.15, -0.1) is 18.3 Å². The van der Waals surface area contributed by atoms with E-state index in [2.05, 4.69) is 20.3 Å². The van der Waals surface area contributed by atoms with Crippen LogP contribution < -0.4 is 15.7 Å². The van der Waals surface area contributed by atoms with Gasteiger partial charge in [-0.3, -0.25) is 0 Å². The molecule has 0 saturated heterocycles. The number of aromatic nitrogens is 2. The SMILES string of the molecule is CCC(O)(CC)c1nnc(NCc2ccc3c(-c4cccc(OC(F)(F)F)c4)cc(=O)oc3c2)o1. The molecule has 8 nitrogen and oxygen atoms in total. The van der Waals surface area contributed by atoms with E-state index in [-0.39, 0.29) is 24.0 Å². The molecular formula is C24H22F3N3O5. The summed E-state index contributed by atoms with van der Waals surface area (Å²) in [4.78, 5) is 12.2. The summed E-state index contributed by atoms with van der Waals surface area (Å²) in [5, 5.41) is 21.8. The Morgan fingerprint density at radius 1 is 1.03 bits per heavy atom. The van der Waals surface area contributed by atoms with Crippen molar-refractivity contribution in [3.8, 4) is 16.9 Å². The third-order valence-corrected chi connectivity index (χ3v) is 5.62. The highest BCUT2D eigenvalue weighted by Crippen LogP contribution is 2.32. The second kappa shape index (κ2) is 9.41. The van der Waals surface area contributed by atoms with E-state index in [4.69, 9.17) is 8.83 Å². The van der Waals surface area contributed by atoms with E-state index in [0.29, 0.717) is 34.9 Å². The van der Waals surface area contributed by atoms with Crippen LogP contribution >= 0.6 is 0 Å². The number of ether oxygens (including phenoxy) is 1. The molecule has 0 bridgehead atoms. The number of rotatable bonds is 8. The van der Waals surface area contributed by atoms with Crippen molar-refractivity contribution in [3.63, 3.8) is 0 Å². The topological polar surface area (TPSA) is 111 Å². The van der Waals surface area contributed by atoms with Crippen molar-refractivity contribution < 1.29 is 31.8 Å². The molecule has 4 aromatic rings. The summed E-state index contributed by atoms with van der Waals surface area (Å²) in [6, 6.07) is 11.8. The number of aliphatic hydroxyl groups is 1. The Hall–Kier alpha value is -3.86. The molecule has 0 amide bonds. The maximum atomic E-state index is 12.6. The molecule has 0 aliphatic carbocycles. The monoisotopic (exact) mass is 489 g/mol. The van der Waals surface area contributed by atoms with Crippen molar-refractivity contribution in [1.29, 1.82) is 0 Å². The number of fused-ring (bicyclic) bond motifs is 1. The molecule has 4 rings (SSSR count). The van der Waals surface area contributed by atoms with Crippen molar-refractivity contribution in [2.75, 3.05) is 5.32 Å². The molecule has 0 unspecified atom stereocenters. The normalized spacial score (nSPS) is 12.2. The number of benzene rings is 2. The molecule has 0 atom stereocenters. The molecule has 0 spiro atoms. The fourth-order valence-corrected chi connectivity index (χ4v) is 3.63. The average molecular weight is 489 g/mol. The van der Waals surface area contributed by atoms with Crippen LogP contribution in [0.1, 0.15) is 38.1 Å². The van der Waals surface area contributed by atoms with Crippen LogP contribution in [0.25, 0.3) is 22.1 Å². The molecule has 0 radical (unpaired) electrons. The van der Waals surface area contributed by atoms with Gasteiger partial charge >= 0.3 is 18.0 Å². The molecule has 2 aromatic heterocycles. The third-order valence-electron chi connectivity index (χ3n) is 5.62. The maximum Gasteiger partial charge on any atom is 0.573 e. The molecule has 2 aromatic carbocycles. The van der Waals surface area contributed by atoms with E-state index in [9.17, 15) is 23.1 Å². The maximum absolute atomic E-state index is 12.6. The smallest absolute Gasteiger partial charge is 0.423 e. The van der Waals surface area contributed by atoms with Crippen LogP contribution in [0.15, 0.2) is 62.2 Å². The zero-order valence-electron chi connectivity index (χ0n) is 18.8. The number of nitrogens with zero attached hydrogens (tertiary/aromatic N) is 2. The second-order valence-corrected chi connectivity index (χ2v) is 7.89. The predicted molar refractivity (Wildman–Crippen MR) is 121 cm³/mol. The fourth-order valence-electron chi connectivity index (χ4n) is 3.63. The molecule has 184 valence electrons. The van der Waals surface area contributed by atoms with Crippen molar-refractivity contribution in [1.82, 2.24) is 10.2 Å². The summed E-state index contributed by atoms with van der Waals surface area (Å²) in [6.07, 6.45) is -3.99. The lowest BCUT2D eigenvalue weighted by Gasteiger charge is -2.19. The first-order valence-corrected chi connectivity index (χ1v) is 10.8. The molecular weight excluding hydrogens is 467 g/mol. The lowest BCUT2D eigenvalue weighted by atomic mass is 9.98. The van der Waals surface area contributed by atoms with Crippen LogP contribution in [-0.4, -0.2) is 21.7 Å². The van der Waals surface area contributed by atoms with E-state index >= 15 is 0 Å². The Balaban J connectivity index is 1.59. The minimum Gasteiger partial charge on any atom is -0.423 e. The summed E-state index contributed by atoms with van der Waals surface area (Å²) in [5.74, 6) is -0.273. The summed E-state index contributed by atoms with van der Waals surface area (Å²) < 4.78 is 52.7. The van der Waals surface area contributed by atoms with E-state index in [1.165, 1.54) is 24.3 Å². The number of halogens is 3. The summed E-state index contributed by atoms with van der Waals surface area (Å²) >= 11 is 0. The second-order valence-electron chi connectivity index (χ2n) is 7.89. The van der Waals surface area contributed by atoms with Crippen LogP contribution in [0, 0.1) is 0 Å². The number of hydrogen-bond donors (Lipinski definition) is 2. The minimum absolute atomic E-state index is 0.121. The van der Waals surface area contributed by atoms with E-state index in [0.717, 1.165) is 0 Å². The highest BCUT2D eigenvalue weighted by Gasteiger charge is 2.32. The predicted octanol–water partition coefficient (Wildman–Crippen LogP) is 5.36. The van der Waals surface area contributed by atoms with Gasteiger partial charge in [0.2, 0.25) is 5.89 Å². The lowest BCUT2D eigenvalue weighted by molar-refractivity contribution is -0.274. The molecule has 2 N–H and O–H groups in total. The largest absolute Gasteiger partial charge is 0.573 e. The first-order valence-electron chi connectivity index (χ1n) is 10.8. The summed E-state index contributed by atoms with van der Waals surface area (Å²) in [6.45, 7) is 3.88. The Kier molecular flexibility index (Phi) is 6.53. The Morgan fingerprint density at radius 2 is 1.80 bits per heavy atom. The standard InChI is InChI=1S/C24H22F3N3O5/c1-3-23(32,4-2)21-29-30-22(34-21)28-13-14-8-9-17-18(12-20(31)33-19(17)10-14)15-6-5-7-16(11-15)35-24(25,26)27/h5-12,32H,3-4,13H2,1-2H3,(H,28,30). The van der Waals surface area contributed by atoms with Gasteiger partial charge < -0.3 is 24.0 Å². The van der Waals surface area contributed by atoms with E-state index < -0.39 is 23.3 Å². The molecule has 35 heavy (non-hydrogen) atoms. The van der Waals surface area contributed by atoms with Gasteiger partial charge in [-0.1, -0.05) is 43.2 Å². The highest BCUT2D eigenvalue weighted by molar-refractivity contribution is 5.93. The van der Waals surface area contributed by atoms with Crippen LogP contribution in [0.4, 0.5) is 19.2 Å². The van der Waals surface area contributed by atoms with Gasteiger partial charge in [-0.05, 0) is 47.7 Å². The molecule has 0 aliphatic rings. The molecule has 0 aliphatic heterocycles. The zero-order valence-corrected chi connectivity index (χ0v) is 18.8. The van der Waals surface area contributed by atoms with Gasteiger partial charge in [0.25, 0.3) is 0 Å². The van der Waals surface area contributed by atoms with Crippen LogP contribution in [-0.2, 0) is 12.1 Å². The van der Waals surface area contributed by atoms with Crippen molar-refractivity contribution in [2.24, 2.45) is 0 Å². The number of nitrogens with one attached hydrogen (secondary N) is 1. The Labute approximate surface area is 197 Å². The third kappa shape index (κ3) is 5.46. The van der Waals surface area contributed by atoms with E-state index in [1.807, 2.05) is 13.8 Å². The zero-order chi connectivity index (χ0) is 25.2. The summed E-state index contributed by atoms with van der Waals surface area (Å²) in [7, 11) is 0. The van der Waals surface area contributed by atoms with Crippen LogP contribution in [0.2, 0.25) is 0 Å². The summed E-state index contributed by atoms with van der Waals surface area (Å²) in [5.41, 5.74) is -0.103. The first kappa shape index (κ1) is 24.3. The van der Waals surface area contributed by atoms with Crippen molar-refractivity contribution >= 4 is 17.0 Å².